The van der Waals surface area contributed by atoms with Gasteiger partial charge in [0.15, 0.2) is 0 Å². The van der Waals surface area contributed by atoms with Gasteiger partial charge in [0.2, 0.25) is 0 Å². The SMILES string of the molecule is CCOC(=O)NNC(=O)COCCN1CCN([C@@H](c2ccccc2)c2ccc(Cl)cc2)CC1. The van der Waals surface area contributed by atoms with Crippen LogP contribution in [-0.4, -0.2) is 74.3 Å². The van der Waals surface area contributed by atoms with E-state index in [9.17, 15) is 9.59 Å². The Morgan fingerprint density at radius 3 is 2.30 bits per heavy atom. The minimum atomic E-state index is -0.698. The van der Waals surface area contributed by atoms with E-state index in [1.165, 1.54) is 11.1 Å². The van der Waals surface area contributed by atoms with Crippen LogP contribution in [0.25, 0.3) is 0 Å². The molecule has 0 radical (unpaired) electrons. The second-order valence-corrected chi connectivity index (χ2v) is 8.13. The molecule has 3 rings (SSSR count). The number of hydrazine groups is 1. The number of carbonyl (C=O) groups is 2. The summed E-state index contributed by atoms with van der Waals surface area (Å²) in [6.45, 7) is 6.64. The molecule has 1 heterocycles. The van der Waals surface area contributed by atoms with Gasteiger partial charge in [0.1, 0.15) is 6.61 Å². The number of rotatable bonds is 9. The number of halogens is 1. The lowest BCUT2D eigenvalue weighted by Crippen LogP contribution is -2.48. The van der Waals surface area contributed by atoms with E-state index in [4.69, 9.17) is 16.3 Å². The summed E-state index contributed by atoms with van der Waals surface area (Å²) in [5.41, 5.74) is 6.89. The number of piperazine rings is 1. The summed E-state index contributed by atoms with van der Waals surface area (Å²) in [5, 5.41) is 0.737. The maximum absolute atomic E-state index is 11.7. The number of hydrogen-bond acceptors (Lipinski definition) is 6. The largest absolute Gasteiger partial charge is 0.449 e. The number of nitrogens with one attached hydrogen (secondary N) is 2. The molecule has 8 nitrogen and oxygen atoms in total. The van der Waals surface area contributed by atoms with Crippen LogP contribution in [0.3, 0.4) is 0 Å². The highest BCUT2D eigenvalue weighted by Gasteiger charge is 2.26. The Bertz CT molecular complexity index is 874. The van der Waals surface area contributed by atoms with Gasteiger partial charge in [-0.05, 0) is 30.2 Å². The molecule has 0 saturated carbocycles. The molecule has 9 heteroatoms. The second-order valence-electron chi connectivity index (χ2n) is 7.69. The molecule has 2 N–H and O–H groups in total. The van der Waals surface area contributed by atoms with Crippen molar-refractivity contribution >= 4 is 23.6 Å². The molecule has 2 amide bonds. The third-order valence-electron chi connectivity index (χ3n) is 5.44. The third-order valence-corrected chi connectivity index (χ3v) is 5.69. The molecule has 1 saturated heterocycles. The number of amides is 2. The summed E-state index contributed by atoms with van der Waals surface area (Å²) in [4.78, 5) is 27.6. The van der Waals surface area contributed by atoms with Gasteiger partial charge in [0.25, 0.3) is 5.91 Å². The molecule has 0 aromatic heterocycles. The minimum Gasteiger partial charge on any atom is -0.449 e. The minimum absolute atomic E-state index is 0.126. The van der Waals surface area contributed by atoms with E-state index in [0.717, 1.165) is 37.7 Å². The fourth-order valence-corrected chi connectivity index (χ4v) is 3.95. The van der Waals surface area contributed by atoms with Gasteiger partial charge in [0.05, 0.1) is 19.3 Å². The van der Waals surface area contributed by atoms with Crippen LogP contribution < -0.4 is 10.9 Å². The first-order valence-electron chi connectivity index (χ1n) is 11.1. The van der Waals surface area contributed by atoms with Crippen LogP contribution in [0.5, 0.6) is 0 Å². The molecule has 0 bridgehead atoms. The summed E-state index contributed by atoms with van der Waals surface area (Å²) in [5.74, 6) is -0.429. The fraction of sp³-hybridized carbons (Fsp3) is 0.417. The van der Waals surface area contributed by atoms with Crippen LogP contribution in [0.4, 0.5) is 4.79 Å². The molecule has 1 aliphatic rings. The van der Waals surface area contributed by atoms with Crippen molar-refractivity contribution in [2.75, 3.05) is 52.5 Å². The molecular formula is C24H31ClN4O4. The van der Waals surface area contributed by atoms with E-state index in [1.54, 1.807) is 6.92 Å². The van der Waals surface area contributed by atoms with Crippen molar-refractivity contribution in [1.29, 1.82) is 0 Å². The zero-order valence-corrected chi connectivity index (χ0v) is 19.6. The second kappa shape index (κ2) is 13.2. The first kappa shape index (κ1) is 25.0. The average molecular weight is 475 g/mol. The third kappa shape index (κ3) is 8.01. The Labute approximate surface area is 199 Å². The summed E-state index contributed by atoms with van der Waals surface area (Å²) in [7, 11) is 0. The van der Waals surface area contributed by atoms with Gasteiger partial charge < -0.3 is 9.47 Å². The maximum atomic E-state index is 11.7. The highest BCUT2D eigenvalue weighted by Crippen LogP contribution is 2.30. The van der Waals surface area contributed by atoms with E-state index in [-0.39, 0.29) is 19.3 Å². The summed E-state index contributed by atoms with van der Waals surface area (Å²) < 4.78 is 10.1. The molecule has 0 aliphatic carbocycles. The van der Waals surface area contributed by atoms with Crippen molar-refractivity contribution in [2.24, 2.45) is 0 Å². The molecule has 178 valence electrons. The molecule has 33 heavy (non-hydrogen) atoms. The van der Waals surface area contributed by atoms with Crippen molar-refractivity contribution in [3.63, 3.8) is 0 Å². The summed E-state index contributed by atoms with van der Waals surface area (Å²) in [6, 6.07) is 18.8. The number of benzene rings is 2. The monoisotopic (exact) mass is 474 g/mol. The summed E-state index contributed by atoms with van der Waals surface area (Å²) in [6.07, 6.45) is -0.698. The lowest BCUT2D eigenvalue weighted by atomic mass is 9.96. The van der Waals surface area contributed by atoms with Gasteiger partial charge in [-0.15, -0.1) is 0 Å². The lowest BCUT2D eigenvalue weighted by molar-refractivity contribution is -0.126. The molecular weight excluding hydrogens is 444 g/mol. The highest BCUT2D eigenvalue weighted by atomic mass is 35.5. The Hall–Kier alpha value is -2.65. The molecule has 0 spiro atoms. The van der Waals surface area contributed by atoms with Crippen molar-refractivity contribution in [3.05, 3.63) is 70.7 Å². The quantitative estimate of drug-likeness (QED) is 0.429. The maximum Gasteiger partial charge on any atom is 0.426 e. The van der Waals surface area contributed by atoms with Gasteiger partial charge in [-0.3, -0.25) is 20.0 Å². The predicted octanol–water partition coefficient (Wildman–Crippen LogP) is 2.84. The van der Waals surface area contributed by atoms with Crippen LogP contribution >= 0.6 is 11.6 Å². The van der Waals surface area contributed by atoms with Crippen molar-refractivity contribution in [3.8, 4) is 0 Å². The number of hydrogen-bond donors (Lipinski definition) is 2. The van der Waals surface area contributed by atoms with Gasteiger partial charge in [-0.2, -0.15) is 0 Å². The number of nitrogens with zero attached hydrogens (tertiary/aromatic N) is 2. The van der Waals surface area contributed by atoms with Crippen molar-refractivity contribution < 1.29 is 19.1 Å². The number of carbonyl (C=O) groups excluding carboxylic acids is 2. The van der Waals surface area contributed by atoms with Gasteiger partial charge in [0, 0.05) is 37.7 Å². The van der Waals surface area contributed by atoms with Gasteiger partial charge in [-0.1, -0.05) is 54.1 Å². The van der Waals surface area contributed by atoms with Crippen LogP contribution in [-0.2, 0) is 14.3 Å². The first-order chi connectivity index (χ1) is 16.1. The zero-order chi connectivity index (χ0) is 23.5. The van der Waals surface area contributed by atoms with E-state index < -0.39 is 12.0 Å². The molecule has 2 aromatic rings. The first-order valence-corrected chi connectivity index (χ1v) is 11.5. The molecule has 1 aliphatic heterocycles. The molecule has 2 aromatic carbocycles. The van der Waals surface area contributed by atoms with Gasteiger partial charge >= 0.3 is 6.09 Å². The Kier molecular flexibility index (Phi) is 9.96. The van der Waals surface area contributed by atoms with E-state index in [1.807, 2.05) is 18.2 Å². The molecule has 1 fully saturated rings. The van der Waals surface area contributed by atoms with Crippen molar-refractivity contribution in [1.82, 2.24) is 20.7 Å². The Morgan fingerprint density at radius 2 is 1.64 bits per heavy atom. The van der Waals surface area contributed by atoms with Gasteiger partial charge in [-0.25, -0.2) is 10.2 Å². The highest BCUT2D eigenvalue weighted by molar-refractivity contribution is 6.30. The number of ether oxygens (including phenoxy) is 2. The fourth-order valence-electron chi connectivity index (χ4n) is 3.82. The lowest BCUT2D eigenvalue weighted by Gasteiger charge is -2.39. The van der Waals surface area contributed by atoms with Crippen LogP contribution in [0, 0.1) is 0 Å². The standard InChI is InChI=1S/C24H31ClN4O4/c1-2-33-24(31)27-26-22(30)18-32-17-16-28-12-14-29(15-13-28)23(19-6-4-3-5-7-19)20-8-10-21(25)11-9-20/h3-11,23H,2,12-18H2,1H3,(H,26,30)(H,27,31)/t23-/m0/s1. The van der Waals surface area contributed by atoms with E-state index in [2.05, 4.69) is 61.8 Å². The zero-order valence-electron chi connectivity index (χ0n) is 18.8. The van der Waals surface area contributed by atoms with E-state index >= 15 is 0 Å². The molecule has 1 atom stereocenters. The normalized spacial score (nSPS) is 15.6. The van der Waals surface area contributed by atoms with Crippen LogP contribution in [0.15, 0.2) is 54.6 Å². The molecule has 0 unspecified atom stereocenters. The summed E-state index contributed by atoms with van der Waals surface area (Å²) >= 11 is 6.11. The average Bonchev–Trinajstić information content (AvgIpc) is 2.84. The topological polar surface area (TPSA) is 83.1 Å². The Balaban J connectivity index is 1.43. The van der Waals surface area contributed by atoms with Crippen LogP contribution in [0.2, 0.25) is 5.02 Å². The Morgan fingerprint density at radius 1 is 0.970 bits per heavy atom. The van der Waals surface area contributed by atoms with E-state index in [0.29, 0.717) is 6.61 Å². The predicted molar refractivity (Wildman–Crippen MR) is 127 cm³/mol. The van der Waals surface area contributed by atoms with Crippen molar-refractivity contribution in [2.45, 2.75) is 13.0 Å². The smallest absolute Gasteiger partial charge is 0.426 e. The van der Waals surface area contributed by atoms with Crippen LogP contribution in [0.1, 0.15) is 24.1 Å².